The van der Waals surface area contributed by atoms with Gasteiger partial charge in [-0.3, -0.25) is 4.79 Å². The van der Waals surface area contributed by atoms with Crippen molar-refractivity contribution in [1.82, 2.24) is 5.32 Å². The van der Waals surface area contributed by atoms with Crippen molar-refractivity contribution in [3.63, 3.8) is 0 Å². The average molecular weight is 397 g/mol. The van der Waals surface area contributed by atoms with Crippen LogP contribution in [0, 0.1) is 0 Å². The fraction of sp³-hybridized carbons (Fsp3) is 0.391. The minimum absolute atomic E-state index is 0.0969. The Kier molecular flexibility index (Phi) is 7.11. The minimum Gasteiger partial charge on any atom is -0.497 e. The average Bonchev–Trinajstić information content (AvgIpc) is 2.77. The van der Waals surface area contributed by atoms with Gasteiger partial charge in [-0.1, -0.05) is 49.6 Å². The fourth-order valence-corrected chi connectivity index (χ4v) is 3.56. The summed E-state index contributed by atoms with van der Waals surface area (Å²) >= 11 is 0. The molecule has 3 rings (SSSR count). The number of hydrogen-bond donors (Lipinski definition) is 1. The molecule has 1 amide bonds. The highest BCUT2D eigenvalue weighted by molar-refractivity contribution is 6.01. The van der Waals surface area contributed by atoms with Gasteiger partial charge in [0.05, 0.1) is 14.2 Å². The van der Waals surface area contributed by atoms with E-state index in [0.717, 1.165) is 25.7 Å². The third-order valence-corrected chi connectivity index (χ3v) is 5.13. The first kappa shape index (κ1) is 20.7. The van der Waals surface area contributed by atoms with Gasteiger partial charge in [0.25, 0.3) is 0 Å². The van der Waals surface area contributed by atoms with E-state index in [2.05, 4.69) is 5.32 Å². The second-order valence-corrected chi connectivity index (χ2v) is 7.14. The zero-order valence-electron chi connectivity index (χ0n) is 16.9. The first-order valence-corrected chi connectivity index (χ1v) is 9.90. The van der Waals surface area contributed by atoms with E-state index in [1.165, 1.54) is 20.6 Å². The standard InChI is InChI=1S/C23H27NO5/c1-27-19-13-17(14-20(15-19)28-2)21(25)22(16-9-5-3-6-10-16)29-23(26)24-18-11-7-4-8-12-18/h3,5-6,9-10,13-15,18,22H,4,7-8,11-12H2,1-2H3,(H,24,26). The molecule has 1 saturated carbocycles. The Morgan fingerprint density at radius 2 is 1.55 bits per heavy atom. The van der Waals surface area contributed by atoms with Gasteiger partial charge in [0.15, 0.2) is 6.10 Å². The smallest absolute Gasteiger partial charge is 0.408 e. The van der Waals surface area contributed by atoms with Crippen molar-refractivity contribution in [2.24, 2.45) is 0 Å². The molecule has 0 bridgehead atoms. The van der Waals surface area contributed by atoms with E-state index in [9.17, 15) is 9.59 Å². The summed E-state index contributed by atoms with van der Waals surface area (Å²) in [6.07, 6.45) is 3.62. The van der Waals surface area contributed by atoms with Crippen molar-refractivity contribution in [3.05, 3.63) is 59.7 Å². The number of ketones is 1. The summed E-state index contributed by atoms with van der Waals surface area (Å²) in [6.45, 7) is 0. The van der Waals surface area contributed by atoms with Crippen LogP contribution in [0.4, 0.5) is 4.79 Å². The van der Waals surface area contributed by atoms with Crippen LogP contribution in [0.25, 0.3) is 0 Å². The maximum absolute atomic E-state index is 13.3. The topological polar surface area (TPSA) is 73.9 Å². The molecule has 0 aliphatic heterocycles. The number of nitrogens with one attached hydrogen (secondary N) is 1. The number of carbonyl (C=O) groups is 2. The third kappa shape index (κ3) is 5.50. The molecule has 2 aromatic rings. The highest BCUT2D eigenvalue weighted by atomic mass is 16.6. The minimum atomic E-state index is -1.06. The Labute approximate surface area is 171 Å². The zero-order valence-corrected chi connectivity index (χ0v) is 16.9. The van der Waals surface area contributed by atoms with E-state index in [1.807, 2.05) is 18.2 Å². The second-order valence-electron chi connectivity index (χ2n) is 7.14. The molecular formula is C23H27NO5. The molecule has 6 nitrogen and oxygen atoms in total. The fourth-order valence-electron chi connectivity index (χ4n) is 3.56. The maximum atomic E-state index is 13.3. The summed E-state index contributed by atoms with van der Waals surface area (Å²) in [5, 5.41) is 2.91. The first-order valence-electron chi connectivity index (χ1n) is 9.90. The number of Topliss-reactive ketones (excluding diaryl/α,β-unsaturated/α-hetero) is 1. The molecule has 0 saturated heterocycles. The predicted molar refractivity (Wildman–Crippen MR) is 110 cm³/mol. The molecule has 1 unspecified atom stereocenters. The summed E-state index contributed by atoms with van der Waals surface area (Å²) in [5.74, 6) is 0.643. The van der Waals surface area contributed by atoms with E-state index in [0.29, 0.717) is 22.6 Å². The summed E-state index contributed by atoms with van der Waals surface area (Å²) in [6, 6.07) is 14.0. The van der Waals surface area contributed by atoms with Gasteiger partial charge in [-0.05, 0) is 25.0 Å². The van der Waals surface area contributed by atoms with E-state index in [1.54, 1.807) is 30.3 Å². The lowest BCUT2D eigenvalue weighted by atomic mass is 9.96. The Balaban J connectivity index is 1.83. The Hall–Kier alpha value is -3.02. The number of hydrogen-bond acceptors (Lipinski definition) is 5. The van der Waals surface area contributed by atoms with E-state index in [4.69, 9.17) is 14.2 Å². The monoisotopic (exact) mass is 397 g/mol. The molecule has 0 heterocycles. The summed E-state index contributed by atoms with van der Waals surface area (Å²) < 4.78 is 16.1. The lowest BCUT2D eigenvalue weighted by Crippen LogP contribution is -2.38. The van der Waals surface area contributed by atoms with Crippen LogP contribution >= 0.6 is 0 Å². The normalized spacial score (nSPS) is 15.2. The van der Waals surface area contributed by atoms with E-state index >= 15 is 0 Å². The van der Waals surface area contributed by atoms with Gasteiger partial charge in [-0.15, -0.1) is 0 Å². The zero-order chi connectivity index (χ0) is 20.6. The van der Waals surface area contributed by atoms with Gasteiger partial charge < -0.3 is 19.5 Å². The quantitative estimate of drug-likeness (QED) is 0.686. The van der Waals surface area contributed by atoms with Crippen molar-refractivity contribution in [2.45, 2.75) is 44.2 Å². The number of carbonyl (C=O) groups excluding carboxylic acids is 2. The Morgan fingerprint density at radius 1 is 0.931 bits per heavy atom. The second kappa shape index (κ2) is 9.96. The largest absolute Gasteiger partial charge is 0.497 e. The number of ether oxygens (including phenoxy) is 3. The highest BCUT2D eigenvalue weighted by Crippen LogP contribution is 2.28. The maximum Gasteiger partial charge on any atom is 0.408 e. The van der Waals surface area contributed by atoms with Crippen molar-refractivity contribution >= 4 is 11.9 Å². The first-order chi connectivity index (χ1) is 14.1. The molecule has 1 aliphatic carbocycles. The lowest BCUT2D eigenvalue weighted by Gasteiger charge is -2.24. The molecule has 1 aliphatic rings. The van der Waals surface area contributed by atoms with Gasteiger partial charge in [0, 0.05) is 23.2 Å². The van der Waals surface area contributed by atoms with Crippen LogP contribution < -0.4 is 14.8 Å². The van der Waals surface area contributed by atoms with Crippen molar-refractivity contribution in [1.29, 1.82) is 0 Å². The summed E-state index contributed by atoms with van der Waals surface area (Å²) in [7, 11) is 3.04. The Morgan fingerprint density at radius 3 is 2.14 bits per heavy atom. The molecule has 2 aromatic carbocycles. The van der Waals surface area contributed by atoms with Crippen LogP contribution in [0.1, 0.15) is 54.1 Å². The van der Waals surface area contributed by atoms with Crippen LogP contribution in [0.2, 0.25) is 0 Å². The van der Waals surface area contributed by atoms with Crippen molar-refractivity contribution < 1.29 is 23.8 Å². The van der Waals surface area contributed by atoms with Crippen LogP contribution in [0.15, 0.2) is 48.5 Å². The number of rotatable bonds is 7. The lowest BCUT2D eigenvalue weighted by molar-refractivity contribution is 0.0613. The number of alkyl carbamates (subject to hydrolysis) is 1. The van der Waals surface area contributed by atoms with Gasteiger partial charge in [-0.25, -0.2) is 4.79 Å². The van der Waals surface area contributed by atoms with Crippen molar-refractivity contribution in [3.8, 4) is 11.5 Å². The number of amides is 1. The third-order valence-electron chi connectivity index (χ3n) is 5.13. The number of methoxy groups -OCH3 is 2. The van der Waals surface area contributed by atoms with Gasteiger partial charge in [-0.2, -0.15) is 0 Å². The highest BCUT2D eigenvalue weighted by Gasteiger charge is 2.28. The molecule has 1 fully saturated rings. The molecule has 0 spiro atoms. The number of benzene rings is 2. The summed E-state index contributed by atoms with van der Waals surface area (Å²) in [4.78, 5) is 25.8. The van der Waals surface area contributed by atoms with Crippen LogP contribution in [-0.2, 0) is 4.74 Å². The molecule has 154 valence electrons. The van der Waals surface area contributed by atoms with Crippen molar-refractivity contribution in [2.75, 3.05) is 14.2 Å². The van der Waals surface area contributed by atoms with E-state index < -0.39 is 12.2 Å². The molecule has 1 N–H and O–H groups in total. The predicted octanol–water partition coefficient (Wildman–Crippen LogP) is 4.69. The summed E-state index contributed by atoms with van der Waals surface area (Å²) in [5.41, 5.74) is 0.957. The van der Waals surface area contributed by atoms with Crippen LogP contribution in [-0.4, -0.2) is 32.1 Å². The molecule has 29 heavy (non-hydrogen) atoms. The van der Waals surface area contributed by atoms with Gasteiger partial charge >= 0.3 is 6.09 Å². The van der Waals surface area contributed by atoms with Crippen LogP contribution in [0.3, 0.4) is 0 Å². The SMILES string of the molecule is COc1cc(OC)cc(C(=O)C(OC(=O)NC2CCCCC2)c2ccccc2)c1. The molecule has 1 atom stereocenters. The Bertz CT molecular complexity index is 808. The van der Waals surface area contributed by atoms with Gasteiger partial charge in [0.1, 0.15) is 11.5 Å². The molecule has 0 radical (unpaired) electrons. The van der Waals surface area contributed by atoms with Gasteiger partial charge in [0.2, 0.25) is 5.78 Å². The molecule has 0 aromatic heterocycles. The molecule has 6 heteroatoms. The molecular weight excluding hydrogens is 370 g/mol. The van der Waals surface area contributed by atoms with E-state index in [-0.39, 0.29) is 11.8 Å². The van der Waals surface area contributed by atoms with Crippen LogP contribution in [0.5, 0.6) is 11.5 Å².